The van der Waals surface area contributed by atoms with Crippen LogP contribution in [0.4, 0.5) is 0 Å². The molecule has 0 bridgehead atoms. The molecular weight excluding hydrogens is 253 g/mol. The number of hydrogen-bond acceptors (Lipinski definition) is 3. The van der Waals surface area contributed by atoms with E-state index in [9.17, 15) is 9.59 Å². The van der Waals surface area contributed by atoms with Gasteiger partial charge in [-0.3, -0.25) is 4.79 Å². The molecule has 0 amide bonds. The molecular formula is C14H12NNaO3. The van der Waals surface area contributed by atoms with Gasteiger partial charge in [0, 0.05) is 0 Å². The Bertz CT molecular complexity index is 465. The van der Waals surface area contributed by atoms with Crippen molar-refractivity contribution in [1.82, 2.24) is 4.98 Å². The second-order valence-electron chi connectivity index (χ2n) is 3.40. The fourth-order valence-corrected chi connectivity index (χ4v) is 1.11. The molecule has 2 rings (SSSR count). The first-order valence-electron chi connectivity index (χ1n) is 5.22. The van der Waals surface area contributed by atoms with Gasteiger partial charge >= 0.3 is 35.5 Å². The first-order valence-corrected chi connectivity index (χ1v) is 5.22. The number of carboxylic acids is 1. The van der Waals surface area contributed by atoms with Gasteiger partial charge in [0.05, 0.1) is 5.56 Å². The molecule has 1 N–H and O–H groups in total. The minimum Gasteiger partial charge on any atom is -0.478 e. The van der Waals surface area contributed by atoms with E-state index < -0.39 is 5.97 Å². The number of carbonyl (C=O) groups excluding carboxylic acids is 1. The summed E-state index contributed by atoms with van der Waals surface area (Å²) in [6, 6.07) is 11.6. The second kappa shape index (κ2) is 9.44. The number of carbonyl (C=O) groups is 2. The molecule has 92 valence electrons. The number of ketones is 1. The predicted molar refractivity (Wildman–Crippen MR) is 66.5 cm³/mol. The van der Waals surface area contributed by atoms with Crippen LogP contribution in [0.25, 0.3) is 0 Å². The Balaban J connectivity index is 0.000000324. The zero-order valence-electron chi connectivity index (χ0n) is 10.8. The third-order valence-corrected chi connectivity index (χ3v) is 2.04. The molecule has 19 heavy (non-hydrogen) atoms. The van der Waals surface area contributed by atoms with E-state index >= 15 is 0 Å². The van der Waals surface area contributed by atoms with Crippen molar-refractivity contribution in [3.63, 3.8) is 0 Å². The number of carboxylic acid groups (broad SMARTS) is 1. The standard InChI is InChI=1S/C7H6NO.C7H6O2.Na/c1-6(9)7-3-2-4-8-5-7;8-7(9)6-4-2-1-3-5-6;/h2-3,5H,1H3;1-5H,(H,8,9);/q-1;;+1. The third-order valence-electron chi connectivity index (χ3n) is 2.04. The number of pyridine rings is 1. The first kappa shape index (κ1) is 17.5. The number of aromatic carboxylic acids is 1. The van der Waals surface area contributed by atoms with Gasteiger partial charge in [-0.05, 0) is 19.1 Å². The van der Waals surface area contributed by atoms with E-state index in [1.54, 1.807) is 42.5 Å². The number of Topliss-reactive ketones (excluding diaryl/α,β-unsaturated/α-hetero) is 1. The number of aromatic nitrogens is 1. The molecule has 1 aromatic carbocycles. The summed E-state index contributed by atoms with van der Waals surface area (Å²) in [7, 11) is 0. The third kappa shape index (κ3) is 6.86. The average Bonchev–Trinajstić information content (AvgIpc) is 2.41. The molecule has 0 aliphatic heterocycles. The van der Waals surface area contributed by atoms with Crippen LogP contribution in [-0.2, 0) is 0 Å². The van der Waals surface area contributed by atoms with Gasteiger partial charge in [-0.25, -0.2) is 4.79 Å². The van der Waals surface area contributed by atoms with Gasteiger partial charge in [-0.2, -0.15) is 12.1 Å². The summed E-state index contributed by atoms with van der Waals surface area (Å²) in [5.41, 5.74) is 0.964. The number of rotatable bonds is 2. The van der Waals surface area contributed by atoms with Gasteiger partial charge in [-0.1, -0.05) is 36.2 Å². The van der Waals surface area contributed by atoms with Crippen molar-refractivity contribution in [2.75, 3.05) is 0 Å². The second-order valence-corrected chi connectivity index (χ2v) is 3.40. The molecule has 0 unspecified atom stereocenters. The molecule has 4 nitrogen and oxygen atoms in total. The minimum atomic E-state index is -0.879. The van der Waals surface area contributed by atoms with Gasteiger partial charge in [0.25, 0.3) is 0 Å². The van der Waals surface area contributed by atoms with E-state index in [1.165, 1.54) is 13.1 Å². The fourth-order valence-electron chi connectivity index (χ4n) is 1.11. The molecule has 1 heterocycles. The normalized spacial score (nSPS) is 8.47. The van der Waals surface area contributed by atoms with Crippen molar-refractivity contribution in [2.45, 2.75) is 6.92 Å². The molecule has 0 aliphatic carbocycles. The summed E-state index contributed by atoms with van der Waals surface area (Å²) < 4.78 is 0. The van der Waals surface area contributed by atoms with Crippen molar-refractivity contribution < 1.29 is 44.3 Å². The summed E-state index contributed by atoms with van der Waals surface area (Å²) in [5, 5.41) is 8.38. The van der Waals surface area contributed by atoms with Crippen molar-refractivity contribution in [1.29, 1.82) is 0 Å². The van der Waals surface area contributed by atoms with Crippen LogP contribution in [0.15, 0.2) is 48.7 Å². The van der Waals surface area contributed by atoms with Crippen LogP contribution in [-0.4, -0.2) is 21.8 Å². The summed E-state index contributed by atoms with van der Waals surface area (Å²) in [4.78, 5) is 24.5. The zero-order chi connectivity index (χ0) is 13.4. The van der Waals surface area contributed by atoms with Gasteiger partial charge in [0.1, 0.15) is 5.78 Å². The van der Waals surface area contributed by atoms with E-state index in [0.717, 1.165) is 0 Å². The molecule has 0 saturated heterocycles. The molecule has 0 spiro atoms. The summed E-state index contributed by atoms with van der Waals surface area (Å²) >= 11 is 0. The zero-order valence-corrected chi connectivity index (χ0v) is 12.8. The van der Waals surface area contributed by atoms with Crippen molar-refractivity contribution in [3.8, 4) is 0 Å². The van der Waals surface area contributed by atoms with Gasteiger partial charge < -0.3 is 10.1 Å². The first-order chi connectivity index (χ1) is 8.61. The smallest absolute Gasteiger partial charge is 0.478 e. The van der Waals surface area contributed by atoms with E-state index in [1.807, 2.05) is 0 Å². The summed E-state index contributed by atoms with van der Waals surface area (Å²) in [6.45, 7) is 1.51. The molecule has 1 aromatic heterocycles. The molecule has 0 radical (unpaired) electrons. The average molecular weight is 265 g/mol. The van der Waals surface area contributed by atoms with E-state index in [4.69, 9.17) is 5.11 Å². The molecule has 2 aromatic rings. The molecule has 0 atom stereocenters. The Hall–Kier alpha value is -1.49. The van der Waals surface area contributed by atoms with Gasteiger partial charge in [-0.15, -0.1) is 0 Å². The minimum absolute atomic E-state index is 0. The SMILES string of the molecule is CC(=O)c1cc[c-]nc1.O=C(O)c1ccccc1.[Na+]. The number of nitrogens with zero attached hydrogens (tertiary/aromatic N) is 1. The Morgan fingerprint density at radius 3 is 2.05 bits per heavy atom. The Morgan fingerprint density at radius 2 is 1.74 bits per heavy atom. The van der Waals surface area contributed by atoms with Crippen LogP contribution in [0.1, 0.15) is 27.6 Å². The van der Waals surface area contributed by atoms with Crippen LogP contribution in [0.3, 0.4) is 0 Å². The summed E-state index contributed by atoms with van der Waals surface area (Å²) in [6.07, 6.45) is 4.09. The van der Waals surface area contributed by atoms with Crippen molar-refractivity contribution >= 4 is 11.8 Å². The Labute approximate surface area is 133 Å². The predicted octanol–water partition coefficient (Wildman–Crippen LogP) is -0.527. The van der Waals surface area contributed by atoms with Crippen LogP contribution in [0.5, 0.6) is 0 Å². The van der Waals surface area contributed by atoms with Crippen molar-refractivity contribution in [2.24, 2.45) is 0 Å². The largest absolute Gasteiger partial charge is 1.00 e. The summed E-state index contributed by atoms with van der Waals surface area (Å²) in [5.74, 6) is -0.841. The van der Waals surface area contributed by atoms with Gasteiger partial charge in [0.15, 0.2) is 0 Å². The van der Waals surface area contributed by atoms with E-state index in [-0.39, 0.29) is 35.3 Å². The van der Waals surface area contributed by atoms with E-state index in [2.05, 4.69) is 11.2 Å². The van der Waals surface area contributed by atoms with Crippen molar-refractivity contribution in [3.05, 3.63) is 66.0 Å². The fraction of sp³-hybridized carbons (Fsp3) is 0.0714. The topological polar surface area (TPSA) is 67.3 Å². The molecule has 0 fully saturated rings. The Morgan fingerprint density at radius 1 is 1.11 bits per heavy atom. The number of benzene rings is 1. The maximum absolute atomic E-state index is 10.6. The Kier molecular flexibility index (Phi) is 8.70. The quantitative estimate of drug-likeness (QED) is 0.450. The molecule has 0 aliphatic rings. The maximum Gasteiger partial charge on any atom is 1.00 e. The van der Waals surface area contributed by atoms with Crippen LogP contribution in [0.2, 0.25) is 0 Å². The van der Waals surface area contributed by atoms with Crippen LogP contribution in [0, 0.1) is 6.20 Å². The maximum atomic E-state index is 10.6. The van der Waals surface area contributed by atoms with Crippen LogP contribution >= 0.6 is 0 Å². The number of hydrogen-bond donors (Lipinski definition) is 1. The molecule has 5 heteroatoms. The monoisotopic (exact) mass is 265 g/mol. The van der Waals surface area contributed by atoms with E-state index in [0.29, 0.717) is 11.1 Å². The van der Waals surface area contributed by atoms with Crippen LogP contribution < -0.4 is 29.6 Å². The molecule has 0 saturated carbocycles. The van der Waals surface area contributed by atoms with Gasteiger partial charge in [0.2, 0.25) is 0 Å².